The van der Waals surface area contributed by atoms with Gasteiger partial charge in [0.1, 0.15) is 0 Å². The minimum absolute atomic E-state index is 0.0291. The zero-order chi connectivity index (χ0) is 12.4. The Bertz CT molecular complexity index is 444. The molecule has 0 saturated carbocycles. The van der Waals surface area contributed by atoms with Crippen LogP contribution in [-0.4, -0.2) is 23.5 Å². The number of benzene rings is 1. The summed E-state index contributed by atoms with van der Waals surface area (Å²) in [7, 11) is 0. The molecule has 1 aliphatic rings. The predicted molar refractivity (Wildman–Crippen MR) is 64.2 cm³/mol. The number of carboxylic acid groups (broad SMARTS) is 1. The summed E-state index contributed by atoms with van der Waals surface area (Å²) in [5.74, 6) is -0.991. The van der Waals surface area contributed by atoms with E-state index in [9.17, 15) is 9.59 Å². The van der Waals surface area contributed by atoms with Gasteiger partial charge < -0.3 is 10.0 Å². The predicted octanol–water partition coefficient (Wildman–Crippen LogP) is 2.17. The van der Waals surface area contributed by atoms with Gasteiger partial charge in [0, 0.05) is 23.7 Å². The molecule has 1 amide bonds. The number of hydrogen-bond acceptors (Lipinski definition) is 2. The van der Waals surface area contributed by atoms with Crippen LogP contribution in [0, 0.1) is 5.92 Å². The number of halogens is 1. The zero-order valence-corrected chi connectivity index (χ0v) is 9.85. The van der Waals surface area contributed by atoms with E-state index in [0.717, 1.165) is 5.69 Å². The Morgan fingerprint density at radius 1 is 1.41 bits per heavy atom. The van der Waals surface area contributed by atoms with E-state index in [-0.39, 0.29) is 18.2 Å². The molecular formula is C12H12ClNO3. The summed E-state index contributed by atoms with van der Waals surface area (Å²) < 4.78 is 0. The van der Waals surface area contributed by atoms with Crippen molar-refractivity contribution in [2.45, 2.75) is 12.8 Å². The van der Waals surface area contributed by atoms with Crippen molar-refractivity contribution in [1.29, 1.82) is 0 Å². The number of hydrogen-bond donors (Lipinski definition) is 1. The Morgan fingerprint density at radius 3 is 2.65 bits per heavy atom. The van der Waals surface area contributed by atoms with Crippen LogP contribution < -0.4 is 4.90 Å². The number of rotatable bonds is 3. The van der Waals surface area contributed by atoms with Crippen molar-refractivity contribution in [3.63, 3.8) is 0 Å². The standard InChI is InChI=1S/C12H12ClNO3/c13-9-1-3-10(4-2-9)14-7-8(5-11(14)15)6-12(16)17/h1-4,8H,5-7H2,(H,16,17). The third-order valence-corrected chi connectivity index (χ3v) is 3.06. The fourth-order valence-electron chi connectivity index (χ4n) is 2.04. The molecule has 0 aliphatic carbocycles. The molecule has 1 aliphatic heterocycles. The fraction of sp³-hybridized carbons (Fsp3) is 0.333. The Labute approximate surface area is 104 Å². The van der Waals surface area contributed by atoms with Crippen molar-refractivity contribution in [2.24, 2.45) is 5.92 Å². The van der Waals surface area contributed by atoms with E-state index < -0.39 is 5.97 Å². The molecule has 1 heterocycles. The minimum atomic E-state index is -0.860. The number of nitrogens with zero attached hydrogens (tertiary/aromatic N) is 1. The number of amides is 1. The average Bonchev–Trinajstić information content (AvgIpc) is 2.59. The highest BCUT2D eigenvalue weighted by atomic mass is 35.5. The first-order valence-corrected chi connectivity index (χ1v) is 5.72. The van der Waals surface area contributed by atoms with E-state index >= 15 is 0 Å². The molecule has 1 aromatic rings. The van der Waals surface area contributed by atoms with Crippen LogP contribution in [0.15, 0.2) is 24.3 Å². The Morgan fingerprint density at radius 2 is 2.06 bits per heavy atom. The van der Waals surface area contributed by atoms with E-state index in [1.165, 1.54) is 0 Å². The van der Waals surface area contributed by atoms with E-state index in [0.29, 0.717) is 18.0 Å². The zero-order valence-electron chi connectivity index (χ0n) is 9.10. The lowest BCUT2D eigenvalue weighted by molar-refractivity contribution is -0.137. The topological polar surface area (TPSA) is 57.6 Å². The highest BCUT2D eigenvalue weighted by molar-refractivity contribution is 6.30. The number of carbonyl (C=O) groups excluding carboxylic acids is 1. The average molecular weight is 254 g/mol. The van der Waals surface area contributed by atoms with Gasteiger partial charge >= 0.3 is 5.97 Å². The Balaban J connectivity index is 2.10. The summed E-state index contributed by atoms with van der Waals surface area (Å²) >= 11 is 5.77. The maximum Gasteiger partial charge on any atom is 0.303 e. The normalized spacial score (nSPS) is 19.7. The van der Waals surface area contributed by atoms with Crippen LogP contribution >= 0.6 is 11.6 Å². The Hall–Kier alpha value is -1.55. The van der Waals surface area contributed by atoms with E-state index in [2.05, 4.69) is 0 Å². The van der Waals surface area contributed by atoms with Gasteiger partial charge in [-0.25, -0.2) is 0 Å². The molecule has 1 fully saturated rings. The molecule has 0 spiro atoms. The van der Waals surface area contributed by atoms with Crippen LogP contribution in [0.1, 0.15) is 12.8 Å². The molecule has 0 radical (unpaired) electrons. The molecule has 1 saturated heterocycles. The van der Waals surface area contributed by atoms with Gasteiger partial charge in [-0.3, -0.25) is 9.59 Å². The minimum Gasteiger partial charge on any atom is -0.481 e. The van der Waals surface area contributed by atoms with Crippen LogP contribution in [-0.2, 0) is 9.59 Å². The van der Waals surface area contributed by atoms with Gasteiger partial charge in [-0.15, -0.1) is 0 Å². The van der Waals surface area contributed by atoms with Gasteiger partial charge in [-0.1, -0.05) is 11.6 Å². The number of anilines is 1. The second-order valence-electron chi connectivity index (χ2n) is 4.15. The summed E-state index contributed by atoms with van der Waals surface area (Å²) in [6.07, 6.45) is 0.338. The van der Waals surface area contributed by atoms with Crippen molar-refractivity contribution < 1.29 is 14.7 Å². The fourth-order valence-corrected chi connectivity index (χ4v) is 2.16. The lowest BCUT2D eigenvalue weighted by Crippen LogP contribution is -2.24. The molecule has 4 nitrogen and oxygen atoms in total. The monoisotopic (exact) mass is 253 g/mol. The van der Waals surface area contributed by atoms with Crippen molar-refractivity contribution in [3.8, 4) is 0 Å². The molecule has 0 aromatic heterocycles. The van der Waals surface area contributed by atoms with Crippen molar-refractivity contribution >= 4 is 29.2 Å². The van der Waals surface area contributed by atoms with Gasteiger partial charge in [0.05, 0.1) is 6.42 Å². The van der Waals surface area contributed by atoms with Gasteiger partial charge in [0.15, 0.2) is 0 Å². The van der Waals surface area contributed by atoms with Gasteiger partial charge in [0.25, 0.3) is 0 Å². The maximum absolute atomic E-state index is 11.8. The van der Waals surface area contributed by atoms with Crippen molar-refractivity contribution in [3.05, 3.63) is 29.3 Å². The number of carboxylic acids is 1. The summed E-state index contributed by atoms with van der Waals surface area (Å²) in [4.78, 5) is 24.0. The third-order valence-electron chi connectivity index (χ3n) is 2.81. The second-order valence-corrected chi connectivity index (χ2v) is 4.59. The first kappa shape index (κ1) is 11.9. The lowest BCUT2D eigenvalue weighted by atomic mass is 10.1. The number of aliphatic carboxylic acids is 1. The molecular weight excluding hydrogens is 242 g/mol. The number of carbonyl (C=O) groups is 2. The molecule has 1 N–H and O–H groups in total. The second kappa shape index (κ2) is 4.75. The highest BCUT2D eigenvalue weighted by Crippen LogP contribution is 2.27. The quantitative estimate of drug-likeness (QED) is 0.898. The van der Waals surface area contributed by atoms with E-state index in [4.69, 9.17) is 16.7 Å². The molecule has 0 bridgehead atoms. The van der Waals surface area contributed by atoms with Crippen LogP contribution in [0.2, 0.25) is 5.02 Å². The maximum atomic E-state index is 11.8. The highest BCUT2D eigenvalue weighted by Gasteiger charge is 2.31. The Kier molecular flexibility index (Phi) is 3.33. The molecule has 90 valence electrons. The SMILES string of the molecule is O=C(O)CC1CC(=O)N(c2ccc(Cl)cc2)C1. The summed E-state index contributed by atoms with van der Waals surface area (Å²) in [6.45, 7) is 0.465. The third kappa shape index (κ3) is 2.77. The van der Waals surface area contributed by atoms with Gasteiger partial charge in [0.2, 0.25) is 5.91 Å². The first-order valence-electron chi connectivity index (χ1n) is 5.34. The molecule has 1 aromatic carbocycles. The summed E-state index contributed by atoms with van der Waals surface area (Å²) in [6, 6.07) is 6.97. The molecule has 1 unspecified atom stereocenters. The van der Waals surface area contributed by atoms with E-state index in [1.807, 2.05) is 0 Å². The smallest absolute Gasteiger partial charge is 0.303 e. The van der Waals surface area contributed by atoms with Crippen molar-refractivity contribution in [2.75, 3.05) is 11.4 Å². The van der Waals surface area contributed by atoms with E-state index in [1.54, 1.807) is 29.2 Å². The molecule has 1 atom stereocenters. The summed E-state index contributed by atoms with van der Waals surface area (Å²) in [5, 5.41) is 9.32. The van der Waals surface area contributed by atoms with Gasteiger partial charge in [-0.05, 0) is 30.2 Å². The van der Waals surface area contributed by atoms with Gasteiger partial charge in [-0.2, -0.15) is 0 Å². The van der Waals surface area contributed by atoms with Crippen LogP contribution in [0.5, 0.6) is 0 Å². The van der Waals surface area contributed by atoms with Crippen LogP contribution in [0.4, 0.5) is 5.69 Å². The molecule has 2 rings (SSSR count). The largest absolute Gasteiger partial charge is 0.481 e. The van der Waals surface area contributed by atoms with Crippen molar-refractivity contribution in [1.82, 2.24) is 0 Å². The van der Waals surface area contributed by atoms with Crippen LogP contribution in [0.25, 0.3) is 0 Å². The van der Waals surface area contributed by atoms with Crippen LogP contribution in [0.3, 0.4) is 0 Å². The molecule has 5 heteroatoms. The summed E-state index contributed by atoms with van der Waals surface area (Å²) in [5.41, 5.74) is 0.771. The first-order chi connectivity index (χ1) is 8.06. The molecule has 17 heavy (non-hydrogen) atoms. The lowest BCUT2D eigenvalue weighted by Gasteiger charge is -2.16.